The summed E-state index contributed by atoms with van der Waals surface area (Å²) in [7, 11) is 0. The second-order valence-corrected chi connectivity index (χ2v) is 6.72. The van der Waals surface area contributed by atoms with Crippen LogP contribution in [0.25, 0.3) is 0 Å². The average Bonchev–Trinajstić information content (AvgIpc) is 2.79. The first-order valence-electron chi connectivity index (χ1n) is 8.43. The van der Waals surface area contributed by atoms with E-state index in [0.29, 0.717) is 5.92 Å². The molecule has 0 atom stereocenters. The third-order valence-electron chi connectivity index (χ3n) is 4.10. The van der Waals surface area contributed by atoms with E-state index < -0.39 is 24.3 Å². The molecule has 0 aliphatic heterocycles. The largest absolute Gasteiger partial charge is 0.461 e. The molecule has 4 nitrogen and oxygen atoms in total. The Morgan fingerprint density at radius 3 is 2.50 bits per heavy atom. The van der Waals surface area contributed by atoms with Gasteiger partial charge in [0.1, 0.15) is 6.61 Å². The number of halogens is 3. The predicted molar refractivity (Wildman–Crippen MR) is 91.5 cm³/mol. The summed E-state index contributed by atoms with van der Waals surface area (Å²) in [5.74, 6) is -0.163. The minimum absolute atomic E-state index is 0.00997. The third-order valence-corrected chi connectivity index (χ3v) is 4.10. The van der Waals surface area contributed by atoms with E-state index in [1.807, 2.05) is 18.5 Å². The van der Waals surface area contributed by atoms with Gasteiger partial charge in [-0.3, -0.25) is 9.48 Å². The number of hydrogen-bond donors (Lipinski definition) is 0. The SMILES string of the molecule is Cc1nn(CC(C)C)c(C)c1CC(=O)OCc1ccccc1C(F)(F)F. The van der Waals surface area contributed by atoms with Crippen LogP contribution in [0.3, 0.4) is 0 Å². The number of aryl methyl sites for hydroxylation is 1. The Morgan fingerprint density at radius 2 is 1.88 bits per heavy atom. The molecule has 2 aromatic rings. The van der Waals surface area contributed by atoms with Crippen LogP contribution >= 0.6 is 0 Å². The summed E-state index contributed by atoms with van der Waals surface area (Å²) >= 11 is 0. The summed E-state index contributed by atoms with van der Waals surface area (Å²) in [6.45, 7) is 8.16. The number of carbonyl (C=O) groups excluding carboxylic acids is 1. The molecule has 0 bridgehead atoms. The molecule has 1 aromatic heterocycles. The molecule has 1 heterocycles. The van der Waals surface area contributed by atoms with Crippen LogP contribution in [0.2, 0.25) is 0 Å². The standard InChI is InChI=1S/C19H23F3N2O2/c1-12(2)10-24-14(4)16(13(3)23-24)9-18(25)26-11-15-7-5-6-8-17(15)19(20,21)22/h5-8,12H,9-11H2,1-4H3. The fraction of sp³-hybridized carbons (Fsp3) is 0.474. The number of alkyl halides is 3. The molecule has 0 amide bonds. The number of rotatable bonds is 6. The first-order valence-corrected chi connectivity index (χ1v) is 8.43. The van der Waals surface area contributed by atoms with Crippen molar-refractivity contribution in [1.29, 1.82) is 0 Å². The van der Waals surface area contributed by atoms with E-state index in [2.05, 4.69) is 18.9 Å². The lowest BCUT2D eigenvalue weighted by molar-refractivity contribution is -0.147. The Bertz CT molecular complexity index is 780. The van der Waals surface area contributed by atoms with E-state index in [1.165, 1.54) is 18.2 Å². The minimum Gasteiger partial charge on any atom is -0.461 e. The Balaban J connectivity index is 2.06. The zero-order chi connectivity index (χ0) is 19.5. The van der Waals surface area contributed by atoms with Crippen LogP contribution in [0.15, 0.2) is 24.3 Å². The van der Waals surface area contributed by atoms with E-state index in [0.717, 1.165) is 29.6 Å². The molecule has 0 saturated carbocycles. The molecule has 7 heteroatoms. The van der Waals surface area contributed by atoms with Gasteiger partial charge >= 0.3 is 12.1 Å². The quantitative estimate of drug-likeness (QED) is 0.707. The molecule has 0 spiro atoms. The highest BCUT2D eigenvalue weighted by Gasteiger charge is 2.33. The minimum atomic E-state index is -4.48. The maximum Gasteiger partial charge on any atom is 0.416 e. The predicted octanol–water partition coefficient (Wildman–Crippen LogP) is 4.46. The van der Waals surface area contributed by atoms with Crippen LogP contribution in [-0.4, -0.2) is 15.7 Å². The number of hydrogen-bond acceptors (Lipinski definition) is 3. The second-order valence-electron chi connectivity index (χ2n) is 6.72. The van der Waals surface area contributed by atoms with E-state index in [9.17, 15) is 18.0 Å². The van der Waals surface area contributed by atoms with Gasteiger partial charge in [-0.25, -0.2) is 0 Å². The normalized spacial score (nSPS) is 11.8. The van der Waals surface area contributed by atoms with Gasteiger partial charge in [0.05, 0.1) is 17.7 Å². The number of ether oxygens (including phenoxy) is 1. The lowest BCUT2D eigenvalue weighted by atomic mass is 10.1. The van der Waals surface area contributed by atoms with Crippen molar-refractivity contribution in [2.24, 2.45) is 5.92 Å². The van der Waals surface area contributed by atoms with Crippen molar-refractivity contribution < 1.29 is 22.7 Å². The number of aromatic nitrogens is 2. The van der Waals surface area contributed by atoms with Gasteiger partial charge in [-0.15, -0.1) is 0 Å². The molecule has 0 unspecified atom stereocenters. The molecule has 2 rings (SSSR count). The lowest BCUT2D eigenvalue weighted by Gasteiger charge is -2.13. The Hall–Kier alpha value is -2.31. The molecular formula is C19H23F3N2O2. The van der Waals surface area contributed by atoms with Gasteiger partial charge in [-0.2, -0.15) is 18.3 Å². The van der Waals surface area contributed by atoms with Crippen LogP contribution in [0, 0.1) is 19.8 Å². The van der Waals surface area contributed by atoms with E-state index in [-0.39, 0.29) is 12.0 Å². The molecule has 0 radical (unpaired) electrons. The number of esters is 1. The molecule has 0 saturated heterocycles. The third kappa shape index (κ3) is 4.86. The molecule has 0 aliphatic rings. The Labute approximate surface area is 151 Å². The fourth-order valence-corrected chi connectivity index (χ4v) is 2.79. The van der Waals surface area contributed by atoms with Crippen molar-refractivity contribution >= 4 is 5.97 Å². The highest BCUT2D eigenvalue weighted by Crippen LogP contribution is 2.32. The molecule has 26 heavy (non-hydrogen) atoms. The van der Waals surface area contributed by atoms with Crippen molar-refractivity contribution in [1.82, 2.24) is 9.78 Å². The zero-order valence-corrected chi connectivity index (χ0v) is 15.4. The fourth-order valence-electron chi connectivity index (χ4n) is 2.79. The van der Waals surface area contributed by atoms with Crippen LogP contribution in [0.1, 0.15) is 41.9 Å². The van der Waals surface area contributed by atoms with Gasteiger partial charge in [0.2, 0.25) is 0 Å². The van der Waals surface area contributed by atoms with Gasteiger partial charge < -0.3 is 4.74 Å². The molecule has 142 valence electrons. The molecule has 0 fully saturated rings. The highest BCUT2D eigenvalue weighted by molar-refractivity contribution is 5.73. The second kappa shape index (κ2) is 7.93. The van der Waals surface area contributed by atoms with Crippen molar-refractivity contribution in [3.8, 4) is 0 Å². The van der Waals surface area contributed by atoms with Crippen molar-refractivity contribution in [2.45, 2.75) is 53.4 Å². The maximum atomic E-state index is 13.0. The van der Waals surface area contributed by atoms with Crippen LogP contribution in [0.5, 0.6) is 0 Å². The van der Waals surface area contributed by atoms with Crippen molar-refractivity contribution in [3.63, 3.8) is 0 Å². The Morgan fingerprint density at radius 1 is 1.23 bits per heavy atom. The number of nitrogens with zero attached hydrogens (tertiary/aromatic N) is 2. The summed E-state index contributed by atoms with van der Waals surface area (Å²) in [4.78, 5) is 12.1. The monoisotopic (exact) mass is 368 g/mol. The first kappa shape index (κ1) is 20.0. The average molecular weight is 368 g/mol. The summed E-state index contributed by atoms with van der Waals surface area (Å²) in [6.07, 6.45) is -4.49. The van der Waals surface area contributed by atoms with Crippen molar-refractivity contribution in [3.05, 3.63) is 52.3 Å². The van der Waals surface area contributed by atoms with Gasteiger partial charge in [-0.1, -0.05) is 32.0 Å². The summed E-state index contributed by atoms with van der Waals surface area (Å²) in [5, 5.41) is 4.43. The van der Waals surface area contributed by atoms with Gasteiger partial charge in [0, 0.05) is 23.4 Å². The molecule has 0 N–H and O–H groups in total. The van der Waals surface area contributed by atoms with E-state index in [1.54, 1.807) is 0 Å². The molecule has 1 aromatic carbocycles. The van der Waals surface area contributed by atoms with Gasteiger partial charge in [-0.05, 0) is 25.8 Å². The summed E-state index contributed by atoms with van der Waals surface area (Å²) in [5.41, 5.74) is 1.53. The van der Waals surface area contributed by atoms with Crippen LogP contribution in [0.4, 0.5) is 13.2 Å². The zero-order valence-electron chi connectivity index (χ0n) is 15.4. The maximum absolute atomic E-state index is 13.0. The van der Waals surface area contributed by atoms with Gasteiger partial charge in [0.25, 0.3) is 0 Å². The number of benzene rings is 1. The topological polar surface area (TPSA) is 44.1 Å². The van der Waals surface area contributed by atoms with Crippen LogP contribution in [-0.2, 0) is 35.3 Å². The van der Waals surface area contributed by atoms with E-state index >= 15 is 0 Å². The lowest BCUT2D eigenvalue weighted by Crippen LogP contribution is -2.14. The summed E-state index contributed by atoms with van der Waals surface area (Å²) in [6, 6.07) is 5.09. The molecular weight excluding hydrogens is 345 g/mol. The van der Waals surface area contributed by atoms with E-state index in [4.69, 9.17) is 4.74 Å². The smallest absolute Gasteiger partial charge is 0.416 e. The first-order chi connectivity index (χ1) is 12.1. The highest BCUT2D eigenvalue weighted by atomic mass is 19.4. The van der Waals surface area contributed by atoms with Gasteiger partial charge in [0.15, 0.2) is 0 Å². The molecule has 0 aliphatic carbocycles. The van der Waals surface area contributed by atoms with Crippen molar-refractivity contribution in [2.75, 3.05) is 0 Å². The number of carbonyl (C=O) groups is 1. The Kier molecular flexibility index (Phi) is 6.10. The summed E-state index contributed by atoms with van der Waals surface area (Å²) < 4.78 is 45.9. The van der Waals surface area contributed by atoms with Crippen LogP contribution < -0.4 is 0 Å².